The van der Waals surface area contributed by atoms with Crippen LogP contribution in [-0.4, -0.2) is 27.2 Å². The Labute approximate surface area is 144 Å². The van der Waals surface area contributed by atoms with Crippen LogP contribution in [0.1, 0.15) is 23.0 Å². The summed E-state index contributed by atoms with van der Waals surface area (Å²) in [6.45, 7) is 1.81. The molecule has 0 saturated carbocycles. The van der Waals surface area contributed by atoms with E-state index in [9.17, 15) is 9.59 Å². The molecule has 0 spiro atoms. The lowest BCUT2D eigenvalue weighted by Gasteiger charge is -2.11. The Morgan fingerprint density at radius 3 is 2.88 bits per heavy atom. The molecule has 0 fully saturated rings. The number of ether oxygens (including phenoxy) is 1. The van der Waals surface area contributed by atoms with Gasteiger partial charge in [-0.05, 0) is 37.3 Å². The van der Waals surface area contributed by atoms with Crippen LogP contribution < -0.4 is 15.8 Å². The van der Waals surface area contributed by atoms with Gasteiger partial charge in [0.25, 0.3) is 5.91 Å². The van der Waals surface area contributed by atoms with Crippen molar-refractivity contribution < 1.29 is 14.3 Å². The second-order valence-electron chi connectivity index (χ2n) is 5.61. The van der Waals surface area contributed by atoms with Crippen LogP contribution in [0.25, 0.3) is 5.65 Å². The third kappa shape index (κ3) is 3.95. The zero-order chi connectivity index (χ0) is 17.8. The Bertz CT molecular complexity index is 886. The molecule has 3 N–H and O–H groups in total. The molecule has 0 aliphatic heterocycles. The van der Waals surface area contributed by atoms with E-state index in [0.717, 1.165) is 11.3 Å². The number of primary amides is 1. The van der Waals surface area contributed by atoms with Gasteiger partial charge in [0.15, 0.2) is 0 Å². The first kappa shape index (κ1) is 16.5. The lowest BCUT2D eigenvalue weighted by atomic mass is 10.2. The first-order valence-corrected chi connectivity index (χ1v) is 7.78. The van der Waals surface area contributed by atoms with Crippen molar-refractivity contribution in [3.63, 3.8) is 0 Å². The van der Waals surface area contributed by atoms with Crippen LogP contribution in [0.4, 0.5) is 0 Å². The summed E-state index contributed by atoms with van der Waals surface area (Å²) >= 11 is 0. The Morgan fingerprint density at radius 2 is 2.12 bits per heavy atom. The van der Waals surface area contributed by atoms with Gasteiger partial charge in [0.1, 0.15) is 24.0 Å². The zero-order valence-corrected chi connectivity index (χ0v) is 13.7. The number of carbonyl (C=O) groups is 2. The van der Waals surface area contributed by atoms with E-state index in [2.05, 4.69) is 10.3 Å². The molecule has 0 radical (unpaired) electrons. The molecule has 1 atom stereocenters. The molecule has 1 unspecified atom stereocenters. The van der Waals surface area contributed by atoms with Gasteiger partial charge >= 0.3 is 0 Å². The molecule has 0 bridgehead atoms. The first-order chi connectivity index (χ1) is 12.0. The minimum atomic E-state index is -0.741. The fourth-order valence-electron chi connectivity index (χ4n) is 2.29. The second-order valence-corrected chi connectivity index (χ2v) is 5.61. The van der Waals surface area contributed by atoms with E-state index in [1.54, 1.807) is 24.3 Å². The number of pyridine rings is 1. The smallest absolute Gasteiger partial charge is 0.252 e. The van der Waals surface area contributed by atoms with Crippen molar-refractivity contribution >= 4 is 17.5 Å². The number of nitrogens with two attached hydrogens (primary N) is 1. The maximum atomic E-state index is 12.1. The molecule has 7 heteroatoms. The Morgan fingerprint density at radius 1 is 1.28 bits per heavy atom. The van der Waals surface area contributed by atoms with E-state index in [1.807, 2.05) is 35.0 Å². The standard InChI is InChI=1S/C18H18N4O3/c1-12(17(19)23)20-18(24)13-5-4-6-15(9-13)25-11-14-10-22-8-3-2-7-16(22)21-14/h2-10,12H,11H2,1H3,(H2,19,23)(H,20,24). The molecule has 3 rings (SSSR count). The normalized spacial score (nSPS) is 11.9. The minimum Gasteiger partial charge on any atom is -0.487 e. The maximum Gasteiger partial charge on any atom is 0.252 e. The van der Waals surface area contributed by atoms with Gasteiger partial charge in [-0.2, -0.15) is 0 Å². The summed E-state index contributed by atoms with van der Waals surface area (Å²) in [6, 6.07) is 11.7. The van der Waals surface area contributed by atoms with E-state index < -0.39 is 11.9 Å². The molecule has 0 aliphatic rings. The third-order valence-electron chi connectivity index (χ3n) is 3.67. The number of carbonyl (C=O) groups excluding carboxylic acids is 2. The highest BCUT2D eigenvalue weighted by Crippen LogP contribution is 2.15. The first-order valence-electron chi connectivity index (χ1n) is 7.78. The summed E-state index contributed by atoms with van der Waals surface area (Å²) in [5.74, 6) is -0.437. The van der Waals surface area contributed by atoms with Crippen molar-refractivity contribution in [2.24, 2.45) is 5.73 Å². The summed E-state index contributed by atoms with van der Waals surface area (Å²) in [4.78, 5) is 27.6. The van der Waals surface area contributed by atoms with Crippen LogP contribution in [0.15, 0.2) is 54.9 Å². The monoisotopic (exact) mass is 338 g/mol. The van der Waals surface area contributed by atoms with E-state index in [4.69, 9.17) is 10.5 Å². The van der Waals surface area contributed by atoms with Gasteiger partial charge in [0.05, 0.1) is 5.69 Å². The molecular formula is C18H18N4O3. The molecular weight excluding hydrogens is 320 g/mol. The summed E-state index contributed by atoms with van der Waals surface area (Å²) < 4.78 is 7.63. The van der Waals surface area contributed by atoms with Gasteiger partial charge in [-0.1, -0.05) is 12.1 Å². The average molecular weight is 338 g/mol. The molecule has 7 nitrogen and oxygen atoms in total. The summed E-state index contributed by atoms with van der Waals surface area (Å²) in [7, 11) is 0. The number of rotatable bonds is 6. The van der Waals surface area contributed by atoms with Gasteiger partial charge in [-0.15, -0.1) is 0 Å². The van der Waals surface area contributed by atoms with Crippen LogP contribution >= 0.6 is 0 Å². The summed E-state index contributed by atoms with van der Waals surface area (Å²) in [5, 5.41) is 2.53. The molecule has 0 aliphatic carbocycles. The molecule has 128 valence electrons. The van der Waals surface area contributed by atoms with Crippen LogP contribution in [-0.2, 0) is 11.4 Å². The highest BCUT2D eigenvalue weighted by molar-refractivity contribution is 5.97. The molecule has 2 amide bonds. The lowest BCUT2D eigenvalue weighted by molar-refractivity contribution is -0.119. The summed E-state index contributed by atoms with van der Waals surface area (Å²) in [5.41, 5.74) is 7.16. The predicted octanol–water partition coefficient (Wildman–Crippen LogP) is 1.52. The van der Waals surface area contributed by atoms with Crippen molar-refractivity contribution in [2.45, 2.75) is 19.6 Å². The summed E-state index contributed by atoms with van der Waals surface area (Å²) in [6.07, 6.45) is 3.80. The van der Waals surface area contributed by atoms with Crippen LogP contribution in [0.5, 0.6) is 5.75 Å². The highest BCUT2D eigenvalue weighted by Gasteiger charge is 2.14. The lowest BCUT2D eigenvalue weighted by Crippen LogP contribution is -2.42. The highest BCUT2D eigenvalue weighted by atomic mass is 16.5. The number of nitrogens with zero attached hydrogens (tertiary/aromatic N) is 2. The third-order valence-corrected chi connectivity index (χ3v) is 3.67. The topological polar surface area (TPSA) is 98.7 Å². The molecule has 2 aromatic heterocycles. The Hall–Kier alpha value is -3.35. The van der Waals surface area contributed by atoms with E-state index in [1.165, 1.54) is 6.92 Å². The number of fused-ring (bicyclic) bond motifs is 1. The predicted molar refractivity (Wildman–Crippen MR) is 92.1 cm³/mol. The molecule has 25 heavy (non-hydrogen) atoms. The van der Waals surface area contributed by atoms with E-state index >= 15 is 0 Å². The van der Waals surface area contributed by atoms with E-state index in [-0.39, 0.29) is 12.5 Å². The van der Waals surface area contributed by atoms with Crippen LogP contribution in [0.3, 0.4) is 0 Å². The number of hydrogen-bond donors (Lipinski definition) is 2. The van der Waals surface area contributed by atoms with Gasteiger partial charge in [0, 0.05) is 18.0 Å². The van der Waals surface area contributed by atoms with Crippen LogP contribution in [0.2, 0.25) is 0 Å². The fraction of sp³-hybridized carbons (Fsp3) is 0.167. The average Bonchev–Trinajstić information content (AvgIpc) is 3.03. The zero-order valence-electron chi connectivity index (χ0n) is 13.7. The fourth-order valence-corrected chi connectivity index (χ4v) is 2.29. The molecule has 3 aromatic rings. The molecule has 2 heterocycles. The van der Waals surface area contributed by atoms with Crippen molar-refractivity contribution in [2.75, 3.05) is 0 Å². The van der Waals surface area contributed by atoms with Crippen LogP contribution in [0, 0.1) is 0 Å². The Kier molecular flexibility index (Phi) is 4.65. The van der Waals surface area contributed by atoms with Gasteiger partial charge < -0.3 is 20.2 Å². The molecule has 1 aromatic carbocycles. The quantitative estimate of drug-likeness (QED) is 0.712. The van der Waals surface area contributed by atoms with Crippen molar-refractivity contribution in [3.8, 4) is 5.75 Å². The number of hydrogen-bond acceptors (Lipinski definition) is 4. The number of benzene rings is 1. The second kappa shape index (κ2) is 7.04. The number of amides is 2. The van der Waals surface area contributed by atoms with Crippen molar-refractivity contribution in [1.29, 1.82) is 0 Å². The number of imidazole rings is 1. The van der Waals surface area contributed by atoms with Crippen molar-refractivity contribution in [1.82, 2.24) is 14.7 Å². The number of nitrogens with one attached hydrogen (secondary N) is 1. The SMILES string of the molecule is CC(NC(=O)c1cccc(OCc2cn3ccccc3n2)c1)C(N)=O. The van der Waals surface area contributed by atoms with Gasteiger partial charge in [-0.3, -0.25) is 9.59 Å². The molecule has 0 saturated heterocycles. The maximum absolute atomic E-state index is 12.1. The van der Waals surface area contributed by atoms with Gasteiger partial charge in [-0.25, -0.2) is 4.98 Å². The van der Waals surface area contributed by atoms with E-state index in [0.29, 0.717) is 11.3 Å². The van der Waals surface area contributed by atoms with Crippen molar-refractivity contribution in [3.05, 3.63) is 66.1 Å². The van der Waals surface area contributed by atoms with Gasteiger partial charge in [0.2, 0.25) is 5.91 Å². The Balaban J connectivity index is 1.67. The number of aromatic nitrogens is 2. The minimum absolute atomic E-state index is 0.282. The largest absolute Gasteiger partial charge is 0.487 e.